The van der Waals surface area contributed by atoms with Crippen molar-refractivity contribution in [3.05, 3.63) is 29.8 Å². The molecule has 0 aromatic heterocycles. The predicted molar refractivity (Wildman–Crippen MR) is 66.7 cm³/mol. The average molecular weight is 223 g/mol. The zero-order valence-electron chi connectivity index (χ0n) is 9.98. The van der Waals surface area contributed by atoms with Crippen molar-refractivity contribution in [3.63, 3.8) is 0 Å². The molecule has 90 valence electrons. The van der Waals surface area contributed by atoms with Crippen LogP contribution in [0.15, 0.2) is 24.3 Å². The number of benzene rings is 1. The van der Waals surface area contributed by atoms with Gasteiger partial charge in [0.05, 0.1) is 19.3 Å². The van der Waals surface area contributed by atoms with E-state index in [0.717, 1.165) is 12.1 Å². The molecule has 1 atom stereocenters. The molecule has 0 amide bonds. The zero-order chi connectivity index (χ0) is 12.0. The van der Waals surface area contributed by atoms with E-state index < -0.39 is 0 Å². The summed E-state index contributed by atoms with van der Waals surface area (Å²) in [4.78, 5) is 0. The Morgan fingerprint density at radius 1 is 1.12 bits per heavy atom. The van der Waals surface area contributed by atoms with E-state index in [2.05, 4.69) is 31.3 Å². The van der Waals surface area contributed by atoms with Crippen molar-refractivity contribution in [2.45, 2.75) is 32.2 Å². The topological polar surface area (TPSA) is 52.5 Å². The van der Waals surface area contributed by atoms with E-state index in [1.165, 1.54) is 5.56 Å². The van der Waals surface area contributed by atoms with Crippen LogP contribution in [0.2, 0.25) is 0 Å². The van der Waals surface area contributed by atoms with Crippen molar-refractivity contribution in [3.8, 4) is 0 Å². The fraction of sp³-hybridized carbons (Fsp3) is 0.538. The number of aliphatic hydroxyl groups excluding tert-OH is 2. The third kappa shape index (κ3) is 3.51. The largest absolute Gasteiger partial charge is 0.394 e. The number of nitrogens with one attached hydrogen (secondary N) is 1. The van der Waals surface area contributed by atoms with E-state index in [9.17, 15) is 0 Å². The highest BCUT2D eigenvalue weighted by molar-refractivity contribution is 5.46. The fourth-order valence-corrected chi connectivity index (χ4v) is 1.53. The number of aliphatic hydroxyl groups is 2. The molecule has 0 fully saturated rings. The number of hydrogen-bond donors (Lipinski definition) is 3. The first-order valence-electron chi connectivity index (χ1n) is 5.79. The molecule has 0 radical (unpaired) electrons. The van der Waals surface area contributed by atoms with E-state index in [4.69, 9.17) is 10.2 Å². The molecule has 1 rings (SSSR count). The highest BCUT2D eigenvalue weighted by Crippen LogP contribution is 2.20. The Labute approximate surface area is 97.1 Å². The fourth-order valence-electron chi connectivity index (χ4n) is 1.53. The second kappa shape index (κ2) is 6.51. The SMILES string of the molecule is CCC(C)c1ccc(NC(CO)CO)cc1. The van der Waals surface area contributed by atoms with Crippen molar-refractivity contribution in [1.29, 1.82) is 0 Å². The summed E-state index contributed by atoms with van der Waals surface area (Å²) in [6, 6.07) is 7.86. The molecule has 0 heterocycles. The van der Waals surface area contributed by atoms with Gasteiger partial charge in [-0.15, -0.1) is 0 Å². The molecular formula is C13H21NO2. The first-order chi connectivity index (χ1) is 7.71. The molecule has 0 aliphatic rings. The number of rotatable bonds is 6. The molecule has 0 spiro atoms. The van der Waals surface area contributed by atoms with Gasteiger partial charge in [-0.25, -0.2) is 0 Å². The average Bonchev–Trinajstić information content (AvgIpc) is 2.35. The quantitative estimate of drug-likeness (QED) is 0.691. The first-order valence-corrected chi connectivity index (χ1v) is 5.79. The highest BCUT2D eigenvalue weighted by Gasteiger charge is 2.06. The van der Waals surface area contributed by atoms with Crippen molar-refractivity contribution < 1.29 is 10.2 Å². The Balaban J connectivity index is 2.64. The molecule has 0 saturated heterocycles. The van der Waals surface area contributed by atoms with Crippen LogP contribution in [-0.4, -0.2) is 29.5 Å². The Bertz CT molecular complexity index is 293. The van der Waals surface area contributed by atoms with Gasteiger partial charge >= 0.3 is 0 Å². The lowest BCUT2D eigenvalue weighted by Gasteiger charge is -2.16. The summed E-state index contributed by atoms with van der Waals surface area (Å²) in [7, 11) is 0. The lowest BCUT2D eigenvalue weighted by Crippen LogP contribution is -2.27. The predicted octanol–water partition coefficient (Wildman–Crippen LogP) is 1.97. The van der Waals surface area contributed by atoms with Crippen molar-refractivity contribution >= 4 is 5.69 Å². The maximum atomic E-state index is 8.95. The molecule has 0 saturated carbocycles. The normalized spacial score (nSPS) is 12.8. The van der Waals surface area contributed by atoms with Crippen LogP contribution in [0, 0.1) is 0 Å². The maximum Gasteiger partial charge on any atom is 0.0723 e. The molecule has 3 nitrogen and oxygen atoms in total. The van der Waals surface area contributed by atoms with E-state index in [-0.39, 0.29) is 19.3 Å². The maximum absolute atomic E-state index is 8.95. The lowest BCUT2D eigenvalue weighted by atomic mass is 9.98. The Hall–Kier alpha value is -1.06. The summed E-state index contributed by atoms with van der Waals surface area (Å²) in [6.45, 7) is 4.24. The summed E-state index contributed by atoms with van der Waals surface area (Å²) >= 11 is 0. The van der Waals surface area contributed by atoms with Crippen LogP contribution in [0.3, 0.4) is 0 Å². The monoisotopic (exact) mass is 223 g/mol. The molecule has 0 aliphatic heterocycles. The van der Waals surface area contributed by atoms with Gasteiger partial charge in [-0.3, -0.25) is 0 Å². The van der Waals surface area contributed by atoms with Crippen LogP contribution in [0.25, 0.3) is 0 Å². The molecular weight excluding hydrogens is 202 g/mol. The van der Waals surface area contributed by atoms with Gasteiger partial charge in [0.25, 0.3) is 0 Å². The van der Waals surface area contributed by atoms with Gasteiger partial charge in [0.1, 0.15) is 0 Å². The van der Waals surface area contributed by atoms with E-state index >= 15 is 0 Å². The first kappa shape index (κ1) is 13.0. The van der Waals surface area contributed by atoms with Gasteiger partial charge < -0.3 is 15.5 Å². The summed E-state index contributed by atoms with van der Waals surface area (Å²) in [6.07, 6.45) is 1.13. The molecule has 1 aromatic carbocycles. The summed E-state index contributed by atoms with van der Waals surface area (Å²) < 4.78 is 0. The van der Waals surface area contributed by atoms with Crippen LogP contribution in [-0.2, 0) is 0 Å². The van der Waals surface area contributed by atoms with Crippen molar-refractivity contribution in [1.82, 2.24) is 0 Å². The smallest absolute Gasteiger partial charge is 0.0723 e. The van der Waals surface area contributed by atoms with E-state index in [1.54, 1.807) is 0 Å². The van der Waals surface area contributed by atoms with Crippen molar-refractivity contribution in [2.24, 2.45) is 0 Å². The second-order valence-electron chi connectivity index (χ2n) is 4.14. The number of hydrogen-bond acceptors (Lipinski definition) is 3. The summed E-state index contributed by atoms with van der Waals surface area (Å²) in [5.74, 6) is 0.570. The Kier molecular flexibility index (Phi) is 5.29. The van der Waals surface area contributed by atoms with E-state index in [0.29, 0.717) is 5.92 Å². The van der Waals surface area contributed by atoms with Gasteiger partial charge in [-0.2, -0.15) is 0 Å². The summed E-state index contributed by atoms with van der Waals surface area (Å²) in [5.41, 5.74) is 2.25. The van der Waals surface area contributed by atoms with Crippen LogP contribution < -0.4 is 5.32 Å². The molecule has 0 aliphatic carbocycles. The van der Waals surface area contributed by atoms with Gasteiger partial charge in [-0.1, -0.05) is 26.0 Å². The molecule has 16 heavy (non-hydrogen) atoms. The van der Waals surface area contributed by atoms with Crippen molar-refractivity contribution in [2.75, 3.05) is 18.5 Å². The minimum Gasteiger partial charge on any atom is -0.394 e. The van der Waals surface area contributed by atoms with Crippen LogP contribution in [0.4, 0.5) is 5.69 Å². The lowest BCUT2D eigenvalue weighted by molar-refractivity contribution is 0.204. The van der Waals surface area contributed by atoms with Gasteiger partial charge in [0, 0.05) is 5.69 Å². The minimum absolute atomic E-state index is 0.0659. The third-order valence-electron chi connectivity index (χ3n) is 2.90. The van der Waals surface area contributed by atoms with Crippen LogP contribution in [0.1, 0.15) is 31.7 Å². The van der Waals surface area contributed by atoms with Gasteiger partial charge in [0.15, 0.2) is 0 Å². The van der Waals surface area contributed by atoms with Gasteiger partial charge in [-0.05, 0) is 30.0 Å². The standard InChI is InChI=1S/C13H21NO2/c1-3-10(2)11-4-6-12(7-5-11)14-13(8-15)9-16/h4-7,10,13-16H,3,8-9H2,1-2H3. The molecule has 1 unspecified atom stereocenters. The third-order valence-corrected chi connectivity index (χ3v) is 2.90. The number of anilines is 1. The summed E-state index contributed by atoms with van der Waals surface area (Å²) in [5, 5.41) is 21.0. The Morgan fingerprint density at radius 2 is 1.69 bits per heavy atom. The highest BCUT2D eigenvalue weighted by atomic mass is 16.3. The van der Waals surface area contributed by atoms with Crippen LogP contribution >= 0.6 is 0 Å². The van der Waals surface area contributed by atoms with E-state index in [1.807, 2.05) is 12.1 Å². The Morgan fingerprint density at radius 3 is 2.12 bits per heavy atom. The molecule has 1 aromatic rings. The molecule has 3 N–H and O–H groups in total. The second-order valence-corrected chi connectivity index (χ2v) is 4.14. The zero-order valence-corrected chi connectivity index (χ0v) is 9.98. The van der Waals surface area contributed by atoms with Crippen LogP contribution in [0.5, 0.6) is 0 Å². The van der Waals surface area contributed by atoms with Gasteiger partial charge in [0.2, 0.25) is 0 Å². The molecule has 0 bridgehead atoms. The minimum atomic E-state index is -0.283. The molecule has 3 heteroatoms.